The third-order valence-corrected chi connectivity index (χ3v) is 9.87. The monoisotopic (exact) mass is 346 g/mol. The summed E-state index contributed by atoms with van der Waals surface area (Å²) in [6.07, 6.45) is 10.3. The van der Waals surface area contributed by atoms with Gasteiger partial charge < -0.3 is 9.47 Å². The molecule has 1 spiro atoms. The fourth-order valence-electron chi connectivity index (χ4n) is 8.12. The lowest BCUT2D eigenvalue weighted by Gasteiger charge is -2.65. The van der Waals surface area contributed by atoms with Gasteiger partial charge in [0.05, 0.1) is 13.2 Å². The van der Waals surface area contributed by atoms with Crippen LogP contribution in [0.25, 0.3) is 0 Å². The van der Waals surface area contributed by atoms with Crippen LogP contribution in [0.5, 0.6) is 0 Å². The Bertz CT molecular complexity index is 594. The molecule has 4 saturated carbocycles. The second-order valence-electron chi connectivity index (χ2n) is 10.6. The Morgan fingerprint density at radius 2 is 1.64 bits per heavy atom. The summed E-state index contributed by atoms with van der Waals surface area (Å²) in [5.41, 5.74) is 0.690. The van der Waals surface area contributed by atoms with Crippen molar-refractivity contribution in [1.29, 1.82) is 0 Å². The third-order valence-electron chi connectivity index (χ3n) is 9.87. The van der Waals surface area contributed by atoms with Crippen molar-refractivity contribution in [3.8, 4) is 0 Å². The molecule has 1 heterocycles. The normalized spacial score (nSPS) is 54.2. The van der Waals surface area contributed by atoms with E-state index in [2.05, 4.69) is 20.8 Å². The van der Waals surface area contributed by atoms with Gasteiger partial charge in [0.2, 0.25) is 0 Å². The average Bonchev–Trinajstić information content (AvgIpc) is 3.14. The summed E-state index contributed by atoms with van der Waals surface area (Å²) >= 11 is 0. The first kappa shape index (κ1) is 16.7. The molecule has 0 aromatic heterocycles. The van der Waals surface area contributed by atoms with Crippen molar-refractivity contribution in [2.75, 3.05) is 13.2 Å². The Kier molecular flexibility index (Phi) is 3.41. The molecule has 25 heavy (non-hydrogen) atoms. The number of carbonyl (C=O) groups excluding carboxylic acids is 1. The van der Waals surface area contributed by atoms with Gasteiger partial charge in [-0.3, -0.25) is 4.79 Å². The summed E-state index contributed by atoms with van der Waals surface area (Å²) in [5, 5.41) is 0. The number of ether oxygens (including phenoxy) is 2. The smallest absolute Gasteiger partial charge is 0.169 e. The summed E-state index contributed by atoms with van der Waals surface area (Å²) in [7, 11) is 0. The van der Waals surface area contributed by atoms with Gasteiger partial charge in [0, 0.05) is 24.7 Å². The maximum absolute atomic E-state index is 12.6. The molecule has 0 radical (unpaired) electrons. The quantitative estimate of drug-likeness (QED) is 0.636. The number of hydrogen-bond donors (Lipinski definition) is 0. The Labute approximate surface area is 152 Å². The van der Waals surface area contributed by atoms with Crippen molar-refractivity contribution in [3.05, 3.63) is 0 Å². The maximum Gasteiger partial charge on any atom is 0.169 e. The predicted octanol–water partition coefficient (Wildman–Crippen LogP) is 4.73. The highest BCUT2D eigenvalue weighted by Crippen LogP contribution is 2.70. The van der Waals surface area contributed by atoms with Gasteiger partial charge >= 0.3 is 0 Å². The molecule has 0 amide bonds. The van der Waals surface area contributed by atoms with Crippen molar-refractivity contribution in [2.24, 2.45) is 34.0 Å². The molecule has 3 heteroatoms. The molecule has 5 rings (SSSR count). The van der Waals surface area contributed by atoms with E-state index in [1.807, 2.05) is 0 Å². The van der Waals surface area contributed by atoms with Crippen LogP contribution in [0.3, 0.4) is 0 Å². The Hall–Kier alpha value is -0.410. The fourth-order valence-corrected chi connectivity index (χ4v) is 8.12. The molecule has 0 N–H and O–H groups in total. The van der Waals surface area contributed by atoms with E-state index >= 15 is 0 Å². The molecule has 1 saturated heterocycles. The molecule has 0 aromatic carbocycles. The Morgan fingerprint density at radius 1 is 0.880 bits per heavy atom. The van der Waals surface area contributed by atoms with Crippen LogP contribution in [0.1, 0.15) is 78.6 Å². The van der Waals surface area contributed by atoms with E-state index in [-0.39, 0.29) is 11.2 Å². The van der Waals surface area contributed by atoms with E-state index in [9.17, 15) is 4.79 Å². The van der Waals surface area contributed by atoms with Crippen molar-refractivity contribution in [1.82, 2.24) is 0 Å². The van der Waals surface area contributed by atoms with E-state index in [4.69, 9.17) is 9.47 Å². The van der Waals surface area contributed by atoms with Crippen molar-refractivity contribution < 1.29 is 14.3 Å². The number of rotatable bonds is 0. The van der Waals surface area contributed by atoms with Gasteiger partial charge in [-0.15, -0.1) is 0 Å². The van der Waals surface area contributed by atoms with Crippen molar-refractivity contribution >= 4 is 5.78 Å². The molecule has 140 valence electrons. The molecular weight excluding hydrogens is 312 g/mol. The first-order chi connectivity index (χ1) is 11.8. The van der Waals surface area contributed by atoms with Gasteiger partial charge in [0.25, 0.3) is 0 Å². The van der Waals surface area contributed by atoms with E-state index < -0.39 is 0 Å². The first-order valence-electron chi connectivity index (χ1n) is 10.6. The zero-order chi connectivity index (χ0) is 17.5. The molecular formula is C22H34O3. The summed E-state index contributed by atoms with van der Waals surface area (Å²) in [5.74, 6) is 2.48. The van der Waals surface area contributed by atoms with E-state index in [0.717, 1.165) is 57.2 Å². The van der Waals surface area contributed by atoms with Gasteiger partial charge in [-0.2, -0.15) is 0 Å². The molecule has 4 aliphatic carbocycles. The summed E-state index contributed by atoms with van der Waals surface area (Å²) in [4.78, 5) is 12.6. The molecule has 5 fully saturated rings. The fraction of sp³-hybridized carbons (Fsp3) is 0.955. The highest BCUT2D eigenvalue weighted by Gasteiger charge is 2.65. The lowest BCUT2D eigenvalue weighted by Crippen LogP contribution is -2.60. The van der Waals surface area contributed by atoms with Crippen LogP contribution in [-0.2, 0) is 14.3 Å². The number of ketones is 1. The van der Waals surface area contributed by atoms with Crippen LogP contribution in [-0.4, -0.2) is 24.8 Å². The van der Waals surface area contributed by atoms with Crippen LogP contribution in [0, 0.1) is 34.0 Å². The lowest BCUT2D eigenvalue weighted by molar-refractivity contribution is -0.256. The van der Waals surface area contributed by atoms with Gasteiger partial charge in [-0.1, -0.05) is 20.8 Å². The minimum absolute atomic E-state index is 0.00116. The second-order valence-corrected chi connectivity index (χ2v) is 10.6. The molecule has 0 unspecified atom stereocenters. The predicted molar refractivity (Wildman–Crippen MR) is 96.0 cm³/mol. The number of hydrogen-bond acceptors (Lipinski definition) is 3. The molecule has 5 aliphatic rings. The number of fused-ring (bicyclic) bond motifs is 5. The minimum atomic E-state index is -0.284. The van der Waals surface area contributed by atoms with Crippen LogP contribution >= 0.6 is 0 Å². The van der Waals surface area contributed by atoms with Crippen LogP contribution in [0.4, 0.5) is 0 Å². The van der Waals surface area contributed by atoms with Gasteiger partial charge in [0.15, 0.2) is 5.79 Å². The molecule has 0 aromatic rings. The van der Waals surface area contributed by atoms with Gasteiger partial charge in [-0.05, 0) is 67.1 Å². The van der Waals surface area contributed by atoms with Gasteiger partial charge in [-0.25, -0.2) is 0 Å². The van der Waals surface area contributed by atoms with Gasteiger partial charge in [0.1, 0.15) is 5.78 Å². The van der Waals surface area contributed by atoms with E-state index in [1.54, 1.807) is 0 Å². The number of Topliss-reactive ketones (excluding diaryl/α,β-unsaturated/α-hetero) is 1. The number of carbonyl (C=O) groups is 1. The summed E-state index contributed by atoms with van der Waals surface area (Å²) in [6, 6.07) is 0. The summed E-state index contributed by atoms with van der Waals surface area (Å²) < 4.78 is 12.2. The highest BCUT2D eigenvalue weighted by atomic mass is 16.7. The van der Waals surface area contributed by atoms with Crippen LogP contribution in [0.15, 0.2) is 0 Å². The highest BCUT2D eigenvalue weighted by molar-refractivity contribution is 5.87. The van der Waals surface area contributed by atoms with Crippen molar-refractivity contribution in [2.45, 2.75) is 84.3 Å². The standard InChI is InChI=1S/C22H34O3/c1-19-8-6-15-16-4-5-18(23)20(16,2)9-7-17(15)21(19,3)10-11-22(14-19)24-12-13-25-22/h15-17H,4-14H2,1-3H3/t15-,16-,17+,19+,20-,21+/m1/s1. The van der Waals surface area contributed by atoms with E-state index in [1.165, 1.54) is 25.7 Å². The zero-order valence-electron chi connectivity index (χ0n) is 16.2. The largest absolute Gasteiger partial charge is 0.348 e. The van der Waals surface area contributed by atoms with Crippen LogP contribution < -0.4 is 0 Å². The average molecular weight is 347 g/mol. The molecule has 1 aliphatic heterocycles. The second kappa shape index (κ2) is 5.10. The molecule has 0 bridgehead atoms. The lowest BCUT2D eigenvalue weighted by atomic mass is 9.40. The van der Waals surface area contributed by atoms with Crippen LogP contribution in [0.2, 0.25) is 0 Å². The molecule has 6 atom stereocenters. The third kappa shape index (κ3) is 2.03. The maximum atomic E-state index is 12.6. The Morgan fingerprint density at radius 3 is 2.40 bits per heavy atom. The summed E-state index contributed by atoms with van der Waals surface area (Å²) in [6.45, 7) is 8.91. The van der Waals surface area contributed by atoms with E-state index in [0.29, 0.717) is 22.5 Å². The molecule has 3 nitrogen and oxygen atoms in total. The minimum Gasteiger partial charge on any atom is -0.348 e. The zero-order valence-corrected chi connectivity index (χ0v) is 16.2. The SMILES string of the molecule is C[C@@]12CC[C@@H]3[C@H]4CCC(=O)[C@]4(C)CC[C@@H]3[C@]1(C)CCC1(C2)OCCO1. The Balaban J connectivity index is 1.46. The first-order valence-corrected chi connectivity index (χ1v) is 10.6. The topological polar surface area (TPSA) is 35.5 Å². The van der Waals surface area contributed by atoms with Crippen molar-refractivity contribution in [3.63, 3.8) is 0 Å².